The third kappa shape index (κ3) is 5.17. The van der Waals surface area contributed by atoms with Gasteiger partial charge in [-0.2, -0.15) is 0 Å². The van der Waals surface area contributed by atoms with Crippen molar-refractivity contribution in [1.29, 1.82) is 0 Å². The Labute approximate surface area is 125 Å². The second kappa shape index (κ2) is 8.78. The first-order valence-corrected chi connectivity index (χ1v) is 8.25. The van der Waals surface area contributed by atoms with E-state index in [1.807, 2.05) is 0 Å². The highest BCUT2D eigenvalue weighted by molar-refractivity contribution is 5.82. The molecule has 20 heavy (non-hydrogen) atoms. The van der Waals surface area contributed by atoms with Crippen LogP contribution in [-0.2, 0) is 9.53 Å². The van der Waals surface area contributed by atoms with Crippen molar-refractivity contribution in [2.45, 2.75) is 59.4 Å². The van der Waals surface area contributed by atoms with Gasteiger partial charge in [-0.15, -0.1) is 0 Å². The number of carbonyl (C=O) groups excluding carboxylic acids is 1. The Morgan fingerprint density at radius 2 is 2.05 bits per heavy atom. The lowest BCUT2D eigenvalue weighted by Gasteiger charge is -2.36. The molecule has 0 aromatic rings. The first-order chi connectivity index (χ1) is 9.49. The molecule has 3 atom stereocenters. The summed E-state index contributed by atoms with van der Waals surface area (Å²) in [5.41, 5.74) is 0. The molecule has 0 aromatic heterocycles. The maximum atomic E-state index is 12.2. The molecule has 0 aromatic carbocycles. The molecule has 0 saturated heterocycles. The third-order valence-corrected chi connectivity index (χ3v) is 5.00. The molecule has 1 rings (SSSR count). The second-order valence-corrected chi connectivity index (χ2v) is 6.69. The molecule has 0 N–H and O–H groups in total. The average Bonchev–Trinajstić information content (AvgIpc) is 2.44. The van der Waals surface area contributed by atoms with Crippen molar-refractivity contribution >= 4 is 5.78 Å². The molecule has 1 aliphatic rings. The van der Waals surface area contributed by atoms with E-state index in [1.165, 1.54) is 0 Å². The molecule has 1 fully saturated rings. The number of Topliss-reactive ketones (excluding diaryl/α,β-unsaturated/α-hetero) is 1. The fourth-order valence-corrected chi connectivity index (χ4v) is 3.17. The Hall–Kier alpha value is -0.410. The van der Waals surface area contributed by atoms with E-state index in [2.05, 4.69) is 32.6 Å². The summed E-state index contributed by atoms with van der Waals surface area (Å²) in [5.74, 6) is 2.13. The molecule has 1 aliphatic carbocycles. The number of carbonyl (C=O) groups is 1. The monoisotopic (exact) mass is 283 g/mol. The highest BCUT2D eigenvalue weighted by Gasteiger charge is 2.31. The predicted molar refractivity (Wildman–Crippen MR) is 83.9 cm³/mol. The average molecular weight is 283 g/mol. The van der Waals surface area contributed by atoms with Crippen molar-refractivity contribution in [1.82, 2.24) is 4.90 Å². The minimum atomic E-state index is 0.238. The Morgan fingerprint density at radius 1 is 1.35 bits per heavy atom. The smallest absolute Gasteiger partial charge is 0.137 e. The summed E-state index contributed by atoms with van der Waals surface area (Å²) in [6, 6.07) is 0.525. The van der Waals surface area contributed by atoms with Gasteiger partial charge in [0.15, 0.2) is 0 Å². The van der Waals surface area contributed by atoms with Crippen LogP contribution in [0.1, 0.15) is 53.4 Å². The van der Waals surface area contributed by atoms with Crippen LogP contribution in [0.15, 0.2) is 0 Å². The molecular formula is C17H33NO2. The fraction of sp³-hybridized carbons (Fsp3) is 0.941. The lowest BCUT2D eigenvalue weighted by Crippen LogP contribution is -2.43. The van der Waals surface area contributed by atoms with Gasteiger partial charge in [0.25, 0.3) is 0 Å². The van der Waals surface area contributed by atoms with Gasteiger partial charge in [-0.25, -0.2) is 0 Å². The van der Waals surface area contributed by atoms with Gasteiger partial charge in [-0.1, -0.05) is 20.8 Å². The third-order valence-electron chi connectivity index (χ3n) is 5.00. The van der Waals surface area contributed by atoms with Gasteiger partial charge in [0.05, 0.1) is 6.61 Å². The minimum absolute atomic E-state index is 0.238. The van der Waals surface area contributed by atoms with Gasteiger partial charge in [-0.3, -0.25) is 9.69 Å². The van der Waals surface area contributed by atoms with Crippen LogP contribution in [0.5, 0.6) is 0 Å². The highest BCUT2D eigenvalue weighted by Crippen LogP contribution is 2.32. The summed E-state index contributed by atoms with van der Waals surface area (Å²) in [5, 5.41) is 0. The summed E-state index contributed by atoms with van der Waals surface area (Å²) in [4.78, 5) is 14.7. The molecule has 0 heterocycles. The topological polar surface area (TPSA) is 29.5 Å². The van der Waals surface area contributed by atoms with Gasteiger partial charge in [-0.05, 0) is 38.0 Å². The highest BCUT2D eigenvalue weighted by atomic mass is 16.5. The normalized spacial score (nSPS) is 25.4. The summed E-state index contributed by atoms with van der Waals surface area (Å²) >= 11 is 0. The molecule has 0 spiro atoms. The van der Waals surface area contributed by atoms with Crippen LogP contribution in [0.4, 0.5) is 0 Å². The predicted octanol–water partition coefficient (Wildman–Crippen LogP) is 3.37. The Balaban J connectivity index is 2.62. The first-order valence-electron chi connectivity index (χ1n) is 8.25. The van der Waals surface area contributed by atoms with Crippen LogP contribution in [0.2, 0.25) is 0 Å². The second-order valence-electron chi connectivity index (χ2n) is 6.69. The van der Waals surface area contributed by atoms with E-state index in [9.17, 15) is 4.79 Å². The van der Waals surface area contributed by atoms with E-state index in [0.29, 0.717) is 17.7 Å². The van der Waals surface area contributed by atoms with Crippen molar-refractivity contribution in [3.63, 3.8) is 0 Å². The van der Waals surface area contributed by atoms with Gasteiger partial charge < -0.3 is 4.74 Å². The van der Waals surface area contributed by atoms with Crippen molar-refractivity contribution in [2.24, 2.45) is 17.8 Å². The maximum absolute atomic E-state index is 12.2. The van der Waals surface area contributed by atoms with Gasteiger partial charge in [0.2, 0.25) is 0 Å². The Morgan fingerprint density at radius 3 is 2.60 bits per heavy atom. The summed E-state index contributed by atoms with van der Waals surface area (Å²) in [6.45, 7) is 11.6. The largest absolute Gasteiger partial charge is 0.383 e. The molecule has 0 amide bonds. The standard InChI is InChI=1S/C17H33NO2/c1-6-14(4)18(9-10-20-5)12-16-11-15(13(2)3)7-8-17(16)19/h13-16H,6-12H2,1-5H3. The molecule has 0 aliphatic heterocycles. The van der Waals surface area contributed by atoms with E-state index in [4.69, 9.17) is 4.74 Å². The van der Waals surface area contributed by atoms with E-state index in [0.717, 1.165) is 51.3 Å². The molecule has 3 unspecified atom stereocenters. The van der Waals surface area contributed by atoms with E-state index in [1.54, 1.807) is 7.11 Å². The molecule has 0 radical (unpaired) electrons. The molecule has 3 heteroatoms. The number of methoxy groups -OCH3 is 1. The number of rotatable bonds is 8. The van der Waals surface area contributed by atoms with Gasteiger partial charge >= 0.3 is 0 Å². The quantitative estimate of drug-likeness (QED) is 0.684. The minimum Gasteiger partial charge on any atom is -0.383 e. The SMILES string of the molecule is CCC(C)N(CCOC)CC1CC(C(C)C)CCC1=O. The van der Waals surface area contributed by atoms with E-state index < -0.39 is 0 Å². The summed E-state index contributed by atoms with van der Waals surface area (Å²) < 4.78 is 5.22. The van der Waals surface area contributed by atoms with E-state index in [-0.39, 0.29) is 5.92 Å². The summed E-state index contributed by atoms with van der Waals surface area (Å²) in [7, 11) is 1.75. The summed E-state index contributed by atoms with van der Waals surface area (Å²) in [6.07, 6.45) is 4.08. The van der Waals surface area contributed by atoms with Crippen molar-refractivity contribution in [2.75, 3.05) is 26.8 Å². The van der Waals surface area contributed by atoms with Gasteiger partial charge in [0, 0.05) is 38.6 Å². The van der Waals surface area contributed by atoms with Crippen LogP contribution in [0.3, 0.4) is 0 Å². The lowest BCUT2D eigenvalue weighted by molar-refractivity contribution is -0.127. The zero-order chi connectivity index (χ0) is 15.1. The molecule has 0 bridgehead atoms. The van der Waals surface area contributed by atoms with Crippen LogP contribution < -0.4 is 0 Å². The molecule has 118 valence electrons. The van der Waals surface area contributed by atoms with Crippen molar-refractivity contribution in [3.8, 4) is 0 Å². The number of ether oxygens (including phenoxy) is 1. The number of hydrogen-bond donors (Lipinski definition) is 0. The Bertz CT molecular complexity index is 291. The molecule has 3 nitrogen and oxygen atoms in total. The van der Waals surface area contributed by atoms with Crippen molar-refractivity contribution in [3.05, 3.63) is 0 Å². The maximum Gasteiger partial charge on any atom is 0.137 e. The van der Waals surface area contributed by atoms with E-state index >= 15 is 0 Å². The van der Waals surface area contributed by atoms with Crippen LogP contribution in [-0.4, -0.2) is 43.5 Å². The van der Waals surface area contributed by atoms with Crippen LogP contribution in [0.25, 0.3) is 0 Å². The van der Waals surface area contributed by atoms with Crippen LogP contribution >= 0.6 is 0 Å². The van der Waals surface area contributed by atoms with Gasteiger partial charge in [0.1, 0.15) is 5.78 Å². The number of hydrogen-bond acceptors (Lipinski definition) is 3. The number of nitrogens with zero attached hydrogens (tertiary/aromatic N) is 1. The molecule has 1 saturated carbocycles. The Kier molecular flexibility index (Phi) is 7.75. The fourth-order valence-electron chi connectivity index (χ4n) is 3.17. The first kappa shape index (κ1) is 17.6. The number of ketones is 1. The zero-order valence-corrected chi connectivity index (χ0v) is 14.0. The molecular weight excluding hydrogens is 250 g/mol. The lowest BCUT2D eigenvalue weighted by atomic mass is 9.75. The van der Waals surface area contributed by atoms with Crippen molar-refractivity contribution < 1.29 is 9.53 Å². The van der Waals surface area contributed by atoms with Crippen LogP contribution in [0, 0.1) is 17.8 Å². The zero-order valence-electron chi connectivity index (χ0n) is 14.0.